The van der Waals surface area contributed by atoms with Crippen LogP contribution in [0.4, 0.5) is 8.78 Å². The van der Waals surface area contributed by atoms with Crippen LogP contribution in [0.5, 0.6) is 5.75 Å². The van der Waals surface area contributed by atoms with Crippen LogP contribution < -0.4 is 10.5 Å². The Morgan fingerprint density at radius 2 is 1.74 bits per heavy atom. The second-order valence-corrected chi connectivity index (χ2v) is 6.50. The Labute approximate surface area is 135 Å². The van der Waals surface area contributed by atoms with Crippen LogP contribution in [0.2, 0.25) is 0 Å². The van der Waals surface area contributed by atoms with Crippen molar-refractivity contribution in [1.29, 1.82) is 0 Å². The fourth-order valence-electron chi connectivity index (χ4n) is 2.23. The Kier molecular flexibility index (Phi) is 4.85. The molecule has 0 atom stereocenters. The van der Waals surface area contributed by atoms with Gasteiger partial charge in [0.05, 0.1) is 18.3 Å². The van der Waals surface area contributed by atoms with E-state index in [4.69, 9.17) is 19.8 Å². The average molecular weight is 325 g/mol. The fraction of sp³-hybridized carbons (Fsp3) is 0.500. The third-order valence-electron chi connectivity index (χ3n) is 4.43. The van der Waals surface area contributed by atoms with Crippen molar-refractivity contribution in [2.24, 2.45) is 5.73 Å². The summed E-state index contributed by atoms with van der Waals surface area (Å²) in [7, 11) is 0.581. The van der Waals surface area contributed by atoms with Gasteiger partial charge in [0, 0.05) is 12.1 Å². The highest BCUT2D eigenvalue weighted by atomic mass is 19.2. The molecule has 1 aliphatic rings. The molecule has 1 aromatic carbocycles. The molecule has 126 valence electrons. The first-order chi connectivity index (χ1) is 10.6. The SMILES string of the molecule is COc1ccc(C=C(CN)B2OC(C)(C)C(C)(C)O2)c(F)c1F. The summed E-state index contributed by atoms with van der Waals surface area (Å²) >= 11 is 0. The molecule has 0 amide bonds. The van der Waals surface area contributed by atoms with Crippen LogP contribution in [0, 0.1) is 11.6 Å². The Balaban J connectivity index is 2.36. The van der Waals surface area contributed by atoms with Crippen molar-refractivity contribution < 1.29 is 22.8 Å². The zero-order valence-electron chi connectivity index (χ0n) is 14.1. The lowest BCUT2D eigenvalue weighted by Gasteiger charge is -2.32. The molecule has 1 saturated heterocycles. The second-order valence-electron chi connectivity index (χ2n) is 6.50. The van der Waals surface area contributed by atoms with E-state index in [0.29, 0.717) is 5.47 Å². The molecule has 0 bridgehead atoms. The summed E-state index contributed by atoms with van der Waals surface area (Å²) in [5, 5.41) is 0. The molecule has 2 N–H and O–H groups in total. The lowest BCUT2D eigenvalue weighted by atomic mass is 9.77. The lowest BCUT2D eigenvalue weighted by molar-refractivity contribution is 0.00578. The first kappa shape index (κ1) is 17.9. The third-order valence-corrected chi connectivity index (χ3v) is 4.43. The van der Waals surface area contributed by atoms with Gasteiger partial charge in [0.1, 0.15) is 0 Å². The molecular formula is C16H22BF2NO3. The highest BCUT2D eigenvalue weighted by molar-refractivity contribution is 6.55. The molecular weight excluding hydrogens is 303 g/mol. The van der Waals surface area contributed by atoms with Crippen LogP contribution >= 0.6 is 0 Å². The quantitative estimate of drug-likeness (QED) is 0.865. The first-order valence-corrected chi connectivity index (χ1v) is 7.41. The van der Waals surface area contributed by atoms with Crippen LogP contribution in [0.25, 0.3) is 6.08 Å². The maximum Gasteiger partial charge on any atom is 0.491 e. The molecule has 0 aromatic heterocycles. The van der Waals surface area contributed by atoms with E-state index in [1.807, 2.05) is 27.7 Å². The zero-order valence-corrected chi connectivity index (χ0v) is 14.1. The number of halogens is 2. The Morgan fingerprint density at radius 1 is 1.17 bits per heavy atom. The summed E-state index contributed by atoms with van der Waals surface area (Å²) in [6.45, 7) is 7.75. The summed E-state index contributed by atoms with van der Waals surface area (Å²) in [6, 6.07) is 2.79. The second kappa shape index (κ2) is 6.22. The molecule has 0 spiro atoms. The van der Waals surface area contributed by atoms with Crippen molar-refractivity contribution in [3.8, 4) is 5.75 Å². The molecule has 4 nitrogen and oxygen atoms in total. The first-order valence-electron chi connectivity index (χ1n) is 7.41. The average Bonchev–Trinajstić information content (AvgIpc) is 2.69. The van der Waals surface area contributed by atoms with Crippen molar-refractivity contribution in [3.63, 3.8) is 0 Å². The van der Waals surface area contributed by atoms with Gasteiger partial charge in [-0.2, -0.15) is 4.39 Å². The minimum atomic E-state index is -1.04. The number of hydrogen-bond donors (Lipinski definition) is 1. The van der Waals surface area contributed by atoms with Crippen molar-refractivity contribution in [1.82, 2.24) is 0 Å². The highest BCUT2D eigenvalue weighted by Gasteiger charge is 2.52. The molecule has 1 aliphatic heterocycles. The Bertz CT molecular complexity index is 616. The van der Waals surface area contributed by atoms with Crippen LogP contribution in [-0.2, 0) is 9.31 Å². The van der Waals surface area contributed by atoms with Crippen molar-refractivity contribution in [3.05, 3.63) is 34.8 Å². The lowest BCUT2D eigenvalue weighted by Crippen LogP contribution is -2.41. The summed E-state index contributed by atoms with van der Waals surface area (Å²) in [6.07, 6.45) is 1.46. The monoisotopic (exact) mass is 325 g/mol. The van der Waals surface area contributed by atoms with Crippen molar-refractivity contribution in [2.75, 3.05) is 13.7 Å². The number of rotatable bonds is 4. The van der Waals surface area contributed by atoms with E-state index in [1.54, 1.807) is 0 Å². The van der Waals surface area contributed by atoms with E-state index in [-0.39, 0.29) is 17.9 Å². The standard InChI is InChI=1S/C16H22BF2NO3/c1-15(2)16(3,4)23-17(22-15)11(9-20)8-10-6-7-12(21-5)14(19)13(10)18/h6-8H,9,20H2,1-5H3. The van der Waals surface area contributed by atoms with E-state index < -0.39 is 30.0 Å². The van der Waals surface area contributed by atoms with Gasteiger partial charge in [-0.25, -0.2) is 4.39 Å². The van der Waals surface area contributed by atoms with Gasteiger partial charge in [-0.15, -0.1) is 0 Å². The Hall–Kier alpha value is -1.44. The summed E-state index contributed by atoms with van der Waals surface area (Å²) in [5.41, 5.74) is 5.29. The van der Waals surface area contributed by atoms with Gasteiger partial charge < -0.3 is 19.8 Å². The van der Waals surface area contributed by atoms with Crippen molar-refractivity contribution in [2.45, 2.75) is 38.9 Å². The van der Waals surface area contributed by atoms with Gasteiger partial charge in [0.15, 0.2) is 11.6 Å². The molecule has 23 heavy (non-hydrogen) atoms. The minimum Gasteiger partial charge on any atom is -0.494 e. The zero-order chi connectivity index (χ0) is 17.4. The highest BCUT2D eigenvalue weighted by Crippen LogP contribution is 2.38. The topological polar surface area (TPSA) is 53.7 Å². The molecule has 2 rings (SSSR count). The van der Waals surface area contributed by atoms with E-state index in [0.717, 1.165) is 0 Å². The molecule has 1 heterocycles. The van der Waals surface area contributed by atoms with Crippen LogP contribution in [0.1, 0.15) is 33.3 Å². The largest absolute Gasteiger partial charge is 0.494 e. The number of methoxy groups -OCH3 is 1. The van der Waals surface area contributed by atoms with Gasteiger partial charge in [-0.1, -0.05) is 6.08 Å². The number of benzene rings is 1. The molecule has 0 unspecified atom stereocenters. The molecule has 1 aromatic rings. The maximum absolute atomic E-state index is 14.1. The molecule has 0 aliphatic carbocycles. The molecule has 1 fully saturated rings. The number of ether oxygens (including phenoxy) is 1. The Morgan fingerprint density at radius 3 is 2.22 bits per heavy atom. The number of hydrogen-bond acceptors (Lipinski definition) is 4. The smallest absolute Gasteiger partial charge is 0.491 e. The van der Waals surface area contributed by atoms with E-state index >= 15 is 0 Å². The summed E-state index contributed by atoms with van der Waals surface area (Å²) in [5.74, 6) is -2.18. The van der Waals surface area contributed by atoms with Crippen LogP contribution in [-0.4, -0.2) is 32.0 Å². The number of nitrogens with two attached hydrogens (primary N) is 1. The third kappa shape index (κ3) is 3.27. The summed E-state index contributed by atoms with van der Waals surface area (Å²) in [4.78, 5) is 0. The molecule has 7 heteroatoms. The van der Waals surface area contributed by atoms with E-state index in [2.05, 4.69) is 0 Å². The van der Waals surface area contributed by atoms with Crippen LogP contribution in [0.3, 0.4) is 0 Å². The molecule has 0 saturated carbocycles. The minimum absolute atomic E-state index is 0.0680. The predicted molar refractivity (Wildman–Crippen MR) is 86.0 cm³/mol. The maximum atomic E-state index is 14.1. The van der Waals surface area contributed by atoms with Gasteiger partial charge >= 0.3 is 7.12 Å². The van der Waals surface area contributed by atoms with E-state index in [9.17, 15) is 8.78 Å². The molecule has 0 radical (unpaired) electrons. The fourth-order valence-corrected chi connectivity index (χ4v) is 2.23. The van der Waals surface area contributed by atoms with Gasteiger partial charge in [0.2, 0.25) is 5.82 Å². The van der Waals surface area contributed by atoms with Gasteiger partial charge in [0.25, 0.3) is 0 Å². The normalized spacial score (nSPS) is 20.0. The van der Waals surface area contributed by atoms with Crippen LogP contribution in [0.15, 0.2) is 17.6 Å². The predicted octanol–water partition coefficient (Wildman–Crippen LogP) is 2.95. The van der Waals surface area contributed by atoms with Gasteiger partial charge in [-0.3, -0.25) is 0 Å². The van der Waals surface area contributed by atoms with Crippen molar-refractivity contribution >= 4 is 13.2 Å². The van der Waals surface area contributed by atoms with Gasteiger partial charge in [-0.05, 0) is 45.3 Å². The summed E-state index contributed by atoms with van der Waals surface area (Å²) < 4.78 is 44.5. The van der Waals surface area contributed by atoms with E-state index in [1.165, 1.54) is 25.3 Å².